The molecule has 1 unspecified atom stereocenters. The Kier molecular flexibility index (Phi) is 2.79. The van der Waals surface area contributed by atoms with Gasteiger partial charge in [0.25, 0.3) is 5.91 Å². The second-order valence-electron chi connectivity index (χ2n) is 5.02. The van der Waals surface area contributed by atoms with E-state index in [-0.39, 0.29) is 5.91 Å². The van der Waals surface area contributed by atoms with Crippen LogP contribution in [0.15, 0.2) is 18.3 Å². The number of carbonyl (C=O) groups excluding carboxylic acids is 1. The van der Waals surface area contributed by atoms with Crippen molar-refractivity contribution in [1.29, 1.82) is 0 Å². The largest absolute Gasteiger partial charge is 0.477 e. The lowest BCUT2D eigenvalue weighted by atomic mass is 9.97. The van der Waals surface area contributed by atoms with Crippen molar-refractivity contribution < 1.29 is 9.53 Å². The SMILES string of the molecule is CN1C(=O)C(CC(C)(C)N)Oc2cccnc21. The first-order chi connectivity index (χ1) is 7.88. The molecule has 17 heavy (non-hydrogen) atoms. The number of hydrogen-bond donors (Lipinski definition) is 1. The molecule has 0 saturated carbocycles. The van der Waals surface area contributed by atoms with E-state index in [1.54, 1.807) is 19.3 Å². The number of hydrogen-bond acceptors (Lipinski definition) is 4. The molecule has 5 nitrogen and oxygen atoms in total. The minimum absolute atomic E-state index is 0.102. The lowest BCUT2D eigenvalue weighted by Gasteiger charge is -2.33. The van der Waals surface area contributed by atoms with Crippen LogP contribution < -0.4 is 15.4 Å². The van der Waals surface area contributed by atoms with Gasteiger partial charge in [0, 0.05) is 25.2 Å². The molecule has 0 spiro atoms. The second kappa shape index (κ2) is 4.00. The number of carbonyl (C=O) groups is 1. The Balaban J connectivity index is 2.28. The Hall–Kier alpha value is -1.62. The van der Waals surface area contributed by atoms with Gasteiger partial charge in [-0.05, 0) is 26.0 Å². The van der Waals surface area contributed by atoms with E-state index < -0.39 is 11.6 Å². The number of likely N-dealkylation sites (N-methyl/N-ethyl adjacent to an activating group) is 1. The van der Waals surface area contributed by atoms with Crippen molar-refractivity contribution in [2.24, 2.45) is 5.73 Å². The zero-order valence-corrected chi connectivity index (χ0v) is 10.3. The van der Waals surface area contributed by atoms with Crippen LogP contribution in [-0.2, 0) is 4.79 Å². The van der Waals surface area contributed by atoms with Gasteiger partial charge in [0.05, 0.1) is 0 Å². The van der Waals surface area contributed by atoms with Crippen LogP contribution in [-0.4, -0.2) is 29.6 Å². The highest BCUT2D eigenvalue weighted by molar-refractivity contribution is 5.98. The van der Waals surface area contributed by atoms with E-state index in [1.165, 1.54) is 4.90 Å². The summed E-state index contributed by atoms with van der Waals surface area (Å²) in [4.78, 5) is 17.7. The minimum Gasteiger partial charge on any atom is -0.477 e. The van der Waals surface area contributed by atoms with Gasteiger partial charge in [-0.15, -0.1) is 0 Å². The van der Waals surface area contributed by atoms with Gasteiger partial charge in [-0.25, -0.2) is 4.98 Å². The number of aromatic nitrogens is 1. The van der Waals surface area contributed by atoms with Crippen LogP contribution in [0.2, 0.25) is 0 Å². The molecule has 2 rings (SSSR count). The fraction of sp³-hybridized carbons (Fsp3) is 0.500. The molecule has 1 aromatic rings. The summed E-state index contributed by atoms with van der Waals surface area (Å²) in [6.45, 7) is 3.75. The van der Waals surface area contributed by atoms with E-state index in [9.17, 15) is 4.79 Å². The van der Waals surface area contributed by atoms with E-state index in [1.807, 2.05) is 19.9 Å². The number of pyridine rings is 1. The molecule has 0 radical (unpaired) electrons. The normalized spacial score (nSPS) is 19.9. The molecule has 92 valence electrons. The molecule has 0 aliphatic carbocycles. The Bertz CT molecular complexity index is 440. The fourth-order valence-electron chi connectivity index (χ4n) is 1.86. The lowest BCUT2D eigenvalue weighted by Crippen LogP contribution is -2.49. The highest BCUT2D eigenvalue weighted by Gasteiger charge is 2.35. The van der Waals surface area contributed by atoms with Crippen LogP contribution in [0.5, 0.6) is 5.75 Å². The number of nitrogens with zero attached hydrogens (tertiary/aromatic N) is 2. The van der Waals surface area contributed by atoms with Gasteiger partial charge in [0.1, 0.15) is 0 Å². The van der Waals surface area contributed by atoms with Gasteiger partial charge >= 0.3 is 0 Å². The predicted octanol–water partition coefficient (Wildman–Crippen LogP) is 0.933. The van der Waals surface area contributed by atoms with Crippen LogP contribution in [0.1, 0.15) is 20.3 Å². The average molecular weight is 235 g/mol. The standard InChI is InChI=1S/C12H17N3O2/c1-12(2,13)7-9-11(16)15(3)10-8(17-9)5-4-6-14-10/h4-6,9H,7,13H2,1-3H3. The molecule has 2 N–H and O–H groups in total. The predicted molar refractivity (Wildman–Crippen MR) is 64.9 cm³/mol. The Morgan fingerprint density at radius 3 is 2.94 bits per heavy atom. The maximum Gasteiger partial charge on any atom is 0.269 e. The van der Waals surface area contributed by atoms with Gasteiger partial charge in [-0.1, -0.05) is 0 Å². The van der Waals surface area contributed by atoms with Crippen LogP contribution in [0.4, 0.5) is 5.82 Å². The van der Waals surface area contributed by atoms with E-state index in [4.69, 9.17) is 10.5 Å². The molecule has 2 heterocycles. The maximum atomic E-state index is 12.1. The summed E-state index contributed by atoms with van der Waals surface area (Å²) in [6, 6.07) is 3.59. The molecule has 0 bridgehead atoms. The Labute approximate surface area is 101 Å². The second-order valence-corrected chi connectivity index (χ2v) is 5.02. The van der Waals surface area contributed by atoms with E-state index in [2.05, 4.69) is 4.98 Å². The van der Waals surface area contributed by atoms with Crippen molar-refractivity contribution in [2.45, 2.75) is 31.9 Å². The third-order valence-electron chi connectivity index (χ3n) is 2.66. The van der Waals surface area contributed by atoms with Gasteiger partial charge in [-0.2, -0.15) is 0 Å². The summed E-state index contributed by atoms with van der Waals surface area (Å²) in [5.41, 5.74) is 5.48. The average Bonchev–Trinajstić information content (AvgIpc) is 2.24. The van der Waals surface area contributed by atoms with Crippen molar-refractivity contribution in [3.63, 3.8) is 0 Å². The zero-order chi connectivity index (χ0) is 12.6. The first-order valence-electron chi connectivity index (χ1n) is 5.56. The van der Waals surface area contributed by atoms with Crippen LogP contribution in [0.3, 0.4) is 0 Å². The summed E-state index contributed by atoms with van der Waals surface area (Å²) in [5.74, 6) is 1.09. The van der Waals surface area contributed by atoms with Crippen molar-refractivity contribution in [1.82, 2.24) is 4.98 Å². The van der Waals surface area contributed by atoms with Crippen molar-refractivity contribution in [3.8, 4) is 5.75 Å². The minimum atomic E-state index is -0.531. The summed E-state index contributed by atoms with van der Waals surface area (Å²) < 4.78 is 5.66. The zero-order valence-electron chi connectivity index (χ0n) is 10.3. The third kappa shape index (κ3) is 2.39. The molecule has 1 atom stereocenters. The number of amides is 1. The first kappa shape index (κ1) is 11.9. The van der Waals surface area contributed by atoms with Crippen molar-refractivity contribution >= 4 is 11.7 Å². The lowest BCUT2D eigenvalue weighted by molar-refractivity contribution is -0.126. The molecule has 0 saturated heterocycles. The van der Waals surface area contributed by atoms with E-state index in [0.29, 0.717) is 18.0 Å². The van der Waals surface area contributed by atoms with Gasteiger partial charge in [-0.3, -0.25) is 9.69 Å². The van der Waals surface area contributed by atoms with Crippen molar-refractivity contribution in [3.05, 3.63) is 18.3 Å². The third-order valence-corrected chi connectivity index (χ3v) is 2.66. The monoisotopic (exact) mass is 235 g/mol. The molecule has 1 amide bonds. The number of fused-ring (bicyclic) bond motifs is 1. The number of ether oxygens (including phenoxy) is 1. The van der Waals surface area contributed by atoms with Crippen molar-refractivity contribution in [2.75, 3.05) is 11.9 Å². The highest BCUT2D eigenvalue weighted by atomic mass is 16.5. The first-order valence-corrected chi connectivity index (χ1v) is 5.56. The van der Waals surface area contributed by atoms with Crippen LogP contribution >= 0.6 is 0 Å². The van der Waals surface area contributed by atoms with Crippen LogP contribution in [0, 0.1) is 0 Å². The summed E-state index contributed by atoms with van der Waals surface area (Å²) in [6.07, 6.45) is 1.58. The maximum absolute atomic E-state index is 12.1. The van der Waals surface area contributed by atoms with Gasteiger partial charge in [0.15, 0.2) is 17.7 Å². The van der Waals surface area contributed by atoms with Gasteiger partial charge < -0.3 is 10.5 Å². The van der Waals surface area contributed by atoms with Gasteiger partial charge in [0.2, 0.25) is 0 Å². The summed E-state index contributed by atoms with van der Waals surface area (Å²) in [7, 11) is 1.70. The highest BCUT2D eigenvalue weighted by Crippen LogP contribution is 2.32. The number of nitrogens with two attached hydrogens (primary N) is 1. The summed E-state index contributed by atoms with van der Waals surface area (Å²) >= 11 is 0. The Morgan fingerprint density at radius 1 is 1.59 bits per heavy atom. The fourth-order valence-corrected chi connectivity index (χ4v) is 1.86. The molecule has 1 aromatic heterocycles. The Morgan fingerprint density at radius 2 is 2.29 bits per heavy atom. The molecule has 5 heteroatoms. The van der Waals surface area contributed by atoms with E-state index >= 15 is 0 Å². The number of anilines is 1. The smallest absolute Gasteiger partial charge is 0.269 e. The quantitative estimate of drug-likeness (QED) is 0.828. The molecule has 0 fully saturated rings. The summed E-state index contributed by atoms with van der Waals surface area (Å²) in [5, 5.41) is 0. The van der Waals surface area contributed by atoms with E-state index in [0.717, 1.165) is 0 Å². The molecular formula is C12H17N3O2. The molecule has 0 aromatic carbocycles. The van der Waals surface area contributed by atoms with Crippen LogP contribution in [0.25, 0.3) is 0 Å². The molecule has 1 aliphatic heterocycles. The molecule has 1 aliphatic rings. The topological polar surface area (TPSA) is 68.5 Å². The number of rotatable bonds is 2. The molecular weight excluding hydrogens is 218 g/mol.